The van der Waals surface area contributed by atoms with Crippen LogP contribution in [0.25, 0.3) is 0 Å². The average Bonchev–Trinajstić information content (AvgIpc) is 1.41. The molecular formula is C4H4Br. The standard InChI is InChI=1S/C4H4Br/c1-2-3-4-5/h1,4H,3H2. The van der Waals surface area contributed by atoms with E-state index in [0.29, 0.717) is 6.42 Å². The van der Waals surface area contributed by atoms with Gasteiger partial charge in [0.05, 0.1) is 0 Å². The number of rotatable bonds is 1. The van der Waals surface area contributed by atoms with Gasteiger partial charge in [0.15, 0.2) is 0 Å². The van der Waals surface area contributed by atoms with Crippen molar-refractivity contribution >= 4 is 15.9 Å². The van der Waals surface area contributed by atoms with Gasteiger partial charge in [0.1, 0.15) is 0 Å². The van der Waals surface area contributed by atoms with Crippen molar-refractivity contribution in [2.24, 2.45) is 0 Å². The summed E-state index contributed by atoms with van der Waals surface area (Å²) >= 11 is 3.04. The molecule has 1 heteroatoms. The molecule has 0 aromatic heterocycles. The number of halogens is 1. The summed E-state index contributed by atoms with van der Waals surface area (Å²) in [5.41, 5.74) is 0. The SMILES string of the molecule is C#CC[CH]Br. The molecule has 0 unspecified atom stereocenters. The molecular weight excluding hydrogens is 128 g/mol. The monoisotopic (exact) mass is 131 g/mol. The van der Waals surface area contributed by atoms with Crippen molar-refractivity contribution in [3.63, 3.8) is 0 Å². The highest BCUT2D eigenvalue weighted by atomic mass is 79.9. The largest absolute Gasteiger partial charge is 0.120 e. The fraction of sp³-hybridized carbons (Fsp3) is 0.250. The van der Waals surface area contributed by atoms with E-state index in [2.05, 4.69) is 21.9 Å². The van der Waals surface area contributed by atoms with Crippen LogP contribution in [0.15, 0.2) is 0 Å². The summed E-state index contributed by atoms with van der Waals surface area (Å²) in [4.78, 5) is 0. The highest BCUT2D eigenvalue weighted by Crippen LogP contribution is 1.89. The van der Waals surface area contributed by atoms with Gasteiger partial charge in [0.2, 0.25) is 0 Å². The van der Waals surface area contributed by atoms with Crippen LogP contribution in [0.3, 0.4) is 0 Å². The second-order valence-electron chi connectivity index (χ2n) is 0.563. The van der Waals surface area contributed by atoms with Gasteiger partial charge < -0.3 is 0 Å². The Labute approximate surface area is 40.7 Å². The highest BCUT2D eigenvalue weighted by Gasteiger charge is 1.64. The average molecular weight is 132 g/mol. The first-order valence-corrected chi connectivity index (χ1v) is 2.18. The number of hydrogen-bond donors (Lipinski definition) is 0. The van der Waals surface area contributed by atoms with Crippen molar-refractivity contribution in [1.82, 2.24) is 0 Å². The van der Waals surface area contributed by atoms with Crippen LogP contribution < -0.4 is 0 Å². The van der Waals surface area contributed by atoms with Crippen LogP contribution in [0.5, 0.6) is 0 Å². The molecule has 0 heterocycles. The molecule has 1 radical (unpaired) electrons. The van der Waals surface area contributed by atoms with Crippen molar-refractivity contribution in [3.8, 4) is 12.3 Å². The zero-order valence-electron chi connectivity index (χ0n) is 2.74. The smallest absolute Gasteiger partial charge is 0.0389 e. The Bertz CT molecular complexity index is 42.1. The summed E-state index contributed by atoms with van der Waals surface area (Å²) in [7, 11) is 0. The van der Waals surface area contributed by atoms with Crippen LogP contribution in [0.2, 0.25) is 0 Å². The first kappa shape index (κ1) is 5.04. The van der Waals surface area contributed by atoms with Crippen LogP contribution in [0.1, 0.15) is 6.42 Å². The summed E-state index contributed by atoms with van der Waals surface area (Å²) in [6, 6.07) is 0. The van der Waals surface area contributed by atoms with Crippen LogP contribution in [0.4, 0.5) is 0 Å². The topological polar surface area (TPSA) is 0 Å². The maximum atomic E-state index is 4.83. The van der Waals surface area contributed by atoms with Crippen LogP contribution in [0, 0.1) is 17.7 Å². The second kappa shape index (κ2) is 4.04. The quantitative estimate of drug-likeness (QED) is 0.475. The molecule has 0 bridgehead atoms. The molecule has 0 nitrogen and oxygen atoms in total. The molecule has 0 saturated carbocycles. The van der Waals surface area contributed by atoms with E-state index in [1.807, 2.05) is 0 Å². The molecule has 0 saturated heterocycles. The van der Waals surface area contributed by atoms with Gasteiger partial charge in [-0.2, -0.15) is 0 Å². The summed E-state index contributed by atoms with van der Waals surface area (Å²) in [5.74, 6) is 2.41. The molecule has 0 fully saturated rings. The Morgan fingerprint density at radius 2 is 2.60 bits per heavy atom. The molecule has 0 aromatic rings. The maximum absolute atomic E-state index is 4.83. The molecule has 0 amide bonds. The van der Waals surface area contributed by atoms with Gasteiger partial charge in [-0.15, -0.1) is 12.3 Å². The van der Waals surface area contributed by atoms with E-state index in [1.54, 1.807) is 5.33 Å². The molecule has 27 valence electrons. The lowest BCUT2D eigenvalue weighted by Gasteiger charge is -1.66. The summed E-state index contributed by atoms with van der Waals surface area (Å²) in [6.07, 6.45) is 5.54. The van der Waals surface area contributed by atoms with E-state index < -0.39 is 0 Å². The van der Waals surface area contributed by atoms with Crippen molar-refractivity contribution in [2.45, 2.75) is 6.42 Å². The Morgan fingerprint density at radius 1 is 2.00 bits per heavy atom. The molecule has 0 aliphatic carbocycles. The van der Waals surface area contributed by atoms with Gasteiger partial charge in [0, 0.05) is 11.8 Å². The lowest BCUT2D eigenvalue weighted by atomic mass is 10.5. The molecule has 0 N–H and O–H groups in total. The number of terminal acetylenes is 1. The predicted octanol–water partition coefficient (Wildman–Crippen LogP) is 1.57. The van der Waals surface area contributed by atoms with Crippen molar-refractivity contribution in [3.05, 3.63) is 5.33 Å². The summed E-state index contributed by atoms with van der Waals surface area (Å²) in [6.45, 7) is 0. The van der Waals surface area contributed by atoms with Crippen LogP contribution >= 0.6 is 15.9 Å². The van der Waals surface area contributed by atoms with E-state index in [-0.39, 0.29) is 0 Å². The van der Waals surface area contributed by atoms with Gasteiger partial charge >= 0.3 is 0 Å². The molecule has 0 aliphatic heterocycles. The lowest BCUT2D eigenvalue weighted by molar-refractivity contribution is 1.46. The van der Waals surface area contributed by atoms with Gasteiger partial charge in [0.25, 0.3) is 0 Å². The van der Waals surface area contributed by atoms with E-state index in [9.17, 15) is 0 Å². The fourth-order valence-corrected chi connectivity index (χ4v) is 0.231. The van der Waals surface area contributed by atoms with Crippen LogP contribution in [-0.4, -0.2) is 0 Å². The second-order valence-corrected chi connectivity index (χ2v) is 1.21. The Hall–Kier alpha value is 0.0400. The maximum Gasteiger partial charge on any atom is 0.0389 e. The molecule has 0 aliphatic rings. The van der Waals surface area contributed by atoms with Crippen LogP contribution in [-0.2, 0) is 0 Å². The third kappa shape index (κ3) is 4.04. The van der Waals surface area contributed by atoms with Gasteiger partial charge in [-0.05, 0) is 0 Å². The fourth-order valence-electron chi connectivity index (χ4n) is 0.0445. The minimum atomic E-state index is 0.708. The Balaban J connectivity index is 2.48. The van der Waals surface area contributed by atoms with Crippen molar-refractivity contribution in [1.29, 1.82) is 0 Å². The lowest BCUT2D eigenvalue weighted by Crippen LogP contribution is -1.50. The minimum Gasteiger partial charge on any atom is -0.120 e. The Kier molecular flexibility index (Phi) is 4.07. The zero-order valence-corrected chi connectivity index (χ0v) is 4.33. The summed E-state index contributed by atoms with van der Waals surface area (Å²) in [5, 5.41) is 1.76. The minimum absolute atomic E-state index is 0.708. The molecule has 0 rings (SSSR count). The molecule has 0 atom stereocenters. The van der Waals surface area contributed by atoms with Crippen molar-refractivity contribution < 1.29 is 0 Å². The van der Waals surface area contributed by atoms with Gasteiger partial charge in [-0.1, -0.05) is 15.9 Å². The first-order valence-electron chi connectivity index (χ1n) is 1.27. The first-order chi connectivity index (χ1) is 2.41. The van der Waals surface area contributed by atoms with E-state index in [1.165, 1.54) is 0 Å². The van der Waals surface area contributed by atoms with Gasteiger partial charge in [-0.25, -0.2) is 0 Å². The van der Waals surface area contributed by atoms with Gasteiger partial charge in [-0.3, -0.25) is 0 Å². The van der Waals surface area contributed by atoms with Crippen molar-refractivity contribution in [2.75, 3.05) is 0 Å². The molecule has 0 spiro atoms. The third-order valence-corrected chi connectivity index (χ3v) is 0.519. The number of hydrogen-bond acceptors (Lipinski definition) is 0. The molecule has 5 heavy (non-hydrogen) atoms. The third-order valence-electron chi connectivity index (χ3n) is 0.195. The zero-order chi connectivity index (χ0) is 4.12. The van der Waals surface area contributed by atoms with E-state index in [4.69, 9.17) is 6.42 Å². The predicted molar refractivity (Wildman–Crippen MR) is 26.7 cm³/mol. The Morgan fingerprint density at radius 3 is 2.60 bits per heavy atom. The summed E-state index contributed by atoms with van der Waals surface area (Å²) < 4.78 is 0. The highest BCUT2D eigenvalue weighted by molar-refractivity contribution is 9.10. The molecule has 0 aromatic carbocycles. The van der Waals surface area contributed by atoms with E-state index in [0.717, 1.165) is 0 Å². The van der Waals surface area contributed by atoms with E-state index >= 15 is 0 Å². The normalized spacial score (nSPS) is 6.40.